The summed E-state index contributed by atoms with van der Waals surface area (Å²) in [5, 5.41) is 22.9. The van der Waals surface area contributed by atoms with Crippen LogP contribution in [0.3, 0.4) is 0 Å². The van der Waals surface area contributed by atoms with Gasteiger partial charge in [0.2, 0.25) is 0 Å². The van der Waals surface area contributed by atoms with E-state index in [0.29, 0.717) is 11.3 Å². The summed E-state index contributed by atoms with van der Waals surface area (Å²) in [5.41, 5.74) is 0.781. The van der Waals surface area contributed by atoms with Gasteiger partial charge in [-0.15, -0.1) is 0 Å². The van der Waals surface area contributed by atoms with Crippen molar-refractivity contribution in [2.24, 2.45) is 0 Å². The van der Waals surface area contributed by atoms with Crippen LogP contribution in [0.4, 0.5) is 18.9 Å². The van der Waals surface area contributed by atoms with Gasteiger partial charge < -0.3 is 20.8 Å². The molecule has 9 heteroatoms. The molecule has 2 aromatic rings. The molecule has 0 bridgehead atoms. The van der Waals surface area contributed by atoms with E-state index in [2.05, 4.69) is 5.32 Å². The molecule has 25 heavy (non-hydrogen) atoms. The van der Waals surface area contributed by atoms with E-state index in [1.807, 2.05) is 0 Å². The van der Waals surface area contributed by atoms with Gasteiger partial charge in [-0.3, -0.25) is 9.59 Å². The Hall–Kier alpha value is -3.23. The third-order valence-electron chi connectivity index (χ3n) is 3.09. The van der Waals surface area contributed by atoms with Gasteiger partial charge in [-0.2, -0.15) is 13.2 Å². The largest absolute Gasteiger partial charge is 0.508 e. The summed E-state index contributed by atoms with van der Waals surface area (Å²) in [6, 6.07) is 9.15. The summed E-state index contributed by atoms with van der Waals surface area (Å²) in [4.78, 5) is 22.7. The van der Waals surface area contributed by atoms with Gasteiger partial charge in [-0.1, -0.05) is 12.1 Å². The molecular formula is C16H13F3N2O4. The van der Waals surface area contributed by atoms with Crippen LogP contribution < -0.4 is 10.6 Å². The maximum Gasteiger partial charge on any atom is 0.471 e. The van der Waals surface area contributed by atoms with Gasteiger partial charge >= 0.3 is 12.1 Å². The fraction of sp³-hybridized carbons (Fsp3) is 0.125. The van der Waals surface area contributed by atoms with E-state index in [1.54, 1.807) is 5.32 Å². The Labute approximate surface area is 139 Å². The summed E-state index contributed by atoms with van der Waals surface area (Å²) in [6.07, 6.45) is -4.94. The molecule has 0 aliphatic carbocycles. The normalized spacial score (nSPS) is 11.0. The van der Waals surface area contributed by atoms with Crippen LogP contribution in [0.5, 0.6) is 11.5 Å². The van der Waals surface area contributed by atoms with Gasteiger partial charge in [-0.25, -0.2) is 0 Å². The third-order valence-corrected chi connectivity index (χ3v) is 3.09. The number of carbonyl (C=O) groups excluding carboxylic acids is 2. The van der Waals surface area contributed by atoms with E-state index in [1.165, 1.54) is 24.3 Å². The lowest BCUT2D eigenvalue weighted by Crippen LogP contribution is -2.36. The molecule has 0 aliphatic heterocycles. The minimum Gasteiger partial charge on any atom is -0.508 e. The molecule has 2 aromatic carbocycles. The average molecular weight is 354 g/mol. The molecule has 0 aliphatic rings. The molecule has 6 nitrogen and oxygen atoms in total. The first-order valence-electron chi connectivity index (χ1n) is 6.93. The number of benzene rings is 2. The van der Waals surface area contributed by atoms with Crippen molar-refractivity contribution in [2.45, 2.75) is 12.7 Å². The smallest absolute Gasteiger partial charge is 0.471 e. The highest BCUT2D eigenvalue weighted by Gasteiger charge is 2.38. The minimum absolute atomic E-state index is 0.0269. The number of alkyl halides is 3. The van der Waals surface area contributed by atoms with E-state index in [-0.39, 0.29) is 23.6 Å². The molecule has 0 unspecified atom stereocenters. The van der Waals surface area contributed by atoms with Crippen molar-refractivity contribution < 1.29 is 33.0 Å². The highest BCUT2D eigenvalue weighted by Crippen LogP contribution is 2.21. The number of amides is 2. The number of phenols is 2. The lowest BCUT2D eigenvalue weighted by molar-refractivity contribution is -0.173. The Morgan fingerprint density at radius 3 is 2.04 bits per heavy atom. The highest BCUT2D eigenvalue weighted by atomic mass is 19.4. The fourth-order valence-corrected chi connectivity index (χ4v) is 1.92. The maximum atomic E-state index is 12.1. The van der Waals surface area contributed by atoms with Crippen molar-refractivity contribution in [3.8, 4) is 11.5 Å². The lowest BCUT2D eigenvalue weighted by atomic mass is 10.1. The highest BCUT2D eigenvalue weighted by molar-refractivity contribution is 6.04. The number of hydrogen-bond acceptors (Lipinski definition) is 4. The number of nitrogens with one attached hydrogen (secondary N) is 2. The minimum atomic E-state index is -4.94. The molecule has 0 atom stereocenters. The molecule has 0 saturated heterocycles. The lowest BCUT2D eigenvalue weighted by Gasteiger charge is -2.09. The first-order valence-corrected chi connectivity index (χ1v) is 6.93. The average Bonchev–Trinajstić information content (AvgIpc) is 2.52. The fourth-order valence-electron chi connectivity index (χ4n) is 1.92. The molecule has 0 aromatic heterocycles. The Bertz CT molecular complexity index is 769. The van der Waals surface area contributed by atoms with Gasteiger partial charge in [0, 0.05) is 23.9 Å². The topological polar surface area (TPSA) is 98.7 Å². The Kier molecular flexibility index (Phi) is 5.16. The molecular weight excluding hydrogens is 341 g/mol. The third kappa shape index (κ3) is 5.13. The predicted octanol–water partition coefficient (Wildman–Crippen LogP) is 2.53. The van der Waals surface area contributed by atoms with E-state index in [9.17, 15) is 33.0 Å². The van der Waals surface area contributed by atoms with Gasteiger partial charge in [0.05, 0.1) is 0 Å². The summed E-state index contributed by atoms with van der Waals surface area (Å²) < 4.78 is 36.2. The van der Waals surface area contributed by atoms with Crippen LogP contribution in [0, 0.1) is 0 Å². The van der Waals surface area contributed by atoms with Crippen LogP contribution in [0.1, 0.15) is 15.9 Å². The SMILES string of the molecule is O=C(Nc1ccc(CNC(=O)C(F)(F)F)cc1)c1cc(O)cc(O)c1. The van der Waals surface area contributed by atoms with Crippen LogP contribution in [0.2, 0.25) is 0 Å². The first kappa shape index (κ1) is 18.1. The molecule has 2 rings (SSSR count). The molecule has 0 fully saturated rings. The molecule has 4 N–H and O–H groups in total. The van der Waals surface area contributed by atoms with Crippen LogP contribution >= 0.6 is 0 Å². The zero-order chi connectivity index (χ0) is 18.6. The number of halogens is 3. The van der Waals surface area contributed by atoms with Crippen molar-refractivity contribution in [1.82, 2.24) is 5.32 Å². The van der Waals surface area contributed by atoms with Crippen LogP contribution in [0.25, 0.3) is 0 Å². The van der Waals surface area contributed by atoms with Gasteiger partial charge in [0.1, 0.15) is 11.5 Å². The molecule has 0 heterocycles. The van der Waals surface area contributed by atoms with Crippen molar-refractivity contribution in [2.75, 3.05) is 5.32 Å². The van der Waals surface area contributed by atoms with Crippen molar-refractivity contribution >= 4 is 17.5 Å². The van der Waals surface area contributed by atoms with Crippen LogP contribution in [-0.4, -0.2) is 28.2 Å². The summed E-state index contributed by atoms with van der Waals surface area (Å²) in [6.45, 7) is -0.313. The number of carbonyl (C=O) groups is 2. The quantitative estimate of drug-likeness (QED) is 0.678. The number of aromatic hydroxyl groups is 2. The second kappa shape index (κ2) is 7.12. The van der Waals surface area contributed by atoms with Gasteiger partial charge in [-0.05, 0) is 29.8 Å². The van der Waals surface area contributed by atoms with E-state index in [4.69, 9.17) is 0 Å². The Morgan fingerprint density at radius 2 is 1.52 bits per heavy atom. The van der Waals surface area contributed by atoms with Crippen molar-refractivity contribution in [3.63, 3.8) is 0 Å². The van der Waals surface area contributed by atoms with Crippen LogP contribution in [-0.2, 0) is 11.3 Å². The molecule has 132 valence electrons. The van der Waals surface area contributed by atoms with Crippen molar-refractivity contribution in [3.05, 3.63) is 53.6 Å². The van der Waals surface area contributed by atoms with Gasteiger partial charge in [0.15, 0.2) is 0 Å². The van der Waals surface area contributed by atoms with Gasteiger partial charge in [0.25, 0.3) is 5.91 Å². The number of anilines is 1. The standard InChI is InChI=1S/C16H13F3N2O4/c17-16(18,19)15(25)20-8-9-1-3-11(4-2-9)21-14(24)10-5-12(22)7-13(23)6-10/h1-7,22-23H,8H2,(H,20,25)(H,21,24). The maximum absolute atomic E-state index is 12.1. The summed E-state index contributed by atoms with van der Waals surface area (Å²) in [7, 11) is 0. The second-order valence-corrected chi connectivity index (χ2v) is 5.07. The van der Waals surface area contributed by atoms with E-state index < -0.39 is 18.0 Å². The molecule has 2 amide bonds. The summed E-state index contributed by atoms with van der Waals surface area (Å²) in [5.74, 6) is -3.18. The van der Waals surface area contributed by atoms with Crippen LogP contribution in [0.15, 0.2) is 42.5 Å². The zero-order valence-electron chi connectivity index (χ0n) is 12.6. The molecule has 0 saturated carbocycles. The number of hydrogen-bond donors (Lipinski definition) is 4. The second-order valence-electron chi connectivity index (χ2n) is 5.07. The summed E-state index contributed by atoms with van der Waals surface area (Å²) >= 11 is 0. The van der Waals surface area contributed by atoms with E-state index in [0.717, 1.165) is 18.2 Å². The van der Waals surface area contributed by atoms with Crippen molar-refractivity contribution in [1.29, 1.82) is 0 Å². The zero-order valence-corrected chi connectivity index (χ0v) is 12.6. The number of rotatable bonds is 4. The molecule has 0 radical (unpaired) electrons. The Balaban J connectivity index is 1.98. The first-order chi connectivity index (χ1) is 11.6. The predicted molar refractivity (Wildman–Crippen MR) is 82.1 cm³/mol. The molecule has 0 spiro atoms. The number of phenolic OH excluding ortho intramolecular Hbond substituents is 2. The van der Waals surface area contributed by atoms with E-state index >= 15 is 0 Å². The Morgan fingerprint density at radius 1 is 0.960 bits per heavy atom. The monoisotopic (exact) mass is 354 g/mol.